The summed E-state index contributed by atoms with van der Waals surface area (Å²) in [7, 11) is 1.26. The number of nitrogens with zero attached hydrogens (tertiary/aromatic N) is 2. The van der Waals surface area contributed by atoms with Crippen LogP contribution in [0.4, 0.5) is 10.5 Å². The third kappa shape index (κ3) is 4.96. The standard InChI is InChI=1S/C17H20ClN3O4/c1-4-7-21(9-15-20-14(10-25-15)16(22)24-3)17(23)19-12-6-5-11(2)13(18)8-12/h5-6,8,10H,4,7,9H2,1-3H3,(H,19,23). The second-order valence-corrected chi connectivity index (χ2v) is 5.84. The Labute approximate surface area is 150 Å². The number of anilines is 1. The molecule has 0 unspecified atom stereocenters. The molecule has 2 amide bonds. The van der Waals surface area contributed by atoms with Crippen LogP contribution in [-0.4, -0.2) is 35.5 Å². The highest BCUT2D eigenvalue weighted by molar-refractivity contribution is 6.31. The number of amides is 2. The fourth-order valence-electron chi connectivity index (χ4n) is 2.14. The van der Waals surface area contributed by atoms with Crippen LogP contribution in [0.2, 0.25) is 5.02 Å². The molecule has 8 heteroatoms. The van der Waals surface area contributed by atoms with Gasteiger partial charge in [-0.1, -0.05) is 24.6 Å². The first kappa shape index (κ1) is 18.8. The second-order valence-electron chi connectivity index (χ2n) is 5.43. The lowest BCUT2D eigenvalue weighted by Crippen LogP contribution is -2.35. The molecule has 0 aliphatic heterocycles. The molecule has 1 aromatic heterocycles. The van der Waals surface area contributed by atoms with Crippen LogP contribution in [0.1, 0.15) is 35.3 Å². The molecule has 1 aromatic carbocycles. The number of benzene rings is 1. The van der Waals surface area contributed by atoms with E-state index in [4.69, 9.17) is 16.0 Å². The zero-order valence-corrected chi connectivity index (χ0v) is 15.1. The number of carbonyl (C=O) groups excluding carboxylic acids is 2. The van der Waals surface area contributed by atoms with Crippen molar-refractivity contribution in [3.05, 3.63) is 46.6 Å². The molecular weight excluding hydrogens is 346 g/mol. The zero-order chi connectivity index (χ0) is 18.4. The predicted molar refractivity (Wildman–Crippen MR) is 93.8 cm³/mol. The summed E-state index contributed by atoms with van der Waals surface area (Å²) in [5.74, 6) is -0.332. The van der Waals surface area contributed by atoms with Gasteiger partial charge < -0.3 is 19.4 Å². The number of aromatic nitrogens is 1. The largest absolute Gasteiger partial charge is 0.464 e. The van der Waals surface area contributed by atoms with E-state index in [2.05, 4.69) is 15.0 Å². The van der Waals surface area contributed by atoms with Gasteiger partial charge in [-0.15, -0.1) is 0 Å². The number of halogens is 1. The van der Waals surface area contributed by atoms with E-state index >= 15 is 0 Å². The van der Waals surface area contributed by atoms with Crippen LogP contribution in [0.25, 0.3) is 0 Å². The van der Waals surface area contributed by atoms with Gasteiger partial charge >= 0.3 is 12.0 Å². The maximum Gasteiger partial charge on any atom is 0.360 e. The van der Waals surface area contributed by atoms with Gasteiger partial charge in [0.05, 0.1) is 13.7 Å². The number of rotatable bonds is 6. The lowest BCUT2D eigenvalue weighted by Gasteiger charge is -2.21. The van der Waals surface area contributed by atoms with Gasteiger partial charge in [-0.2, -0.15) is 0 Å². The van der Waals surface area contributed by atoms with Crippen LogP contribution >= 0.6 is 11.6 Å². The van der Waals surface area contributed by atoms with Gasteiger partial charge in [-0.3, -0.25) is 0 Å². The summed E-state index contributed by atoms with van der Waals surface area (Å²) in [6.45, 7) is 4.48. The van der Waals surface area contributed by atoms with Gasteiger partial charge in [-0.05, 0) is 31.0 Å². The molecule has 134 valence electrons. The van der Waals surface area contributed by atoms with E-state index in [0.29, 0.717) is 17.3 Å². The third-order valence-corrected chi connectivity index (χ3v) is 3.88. The van der Waals surface area contributed by atoms with Crippen molar-refractivity contribution in [2.45, 2.75) is 26.8 Å². The predicted octanol–water partition coefficient (Wildman–Crippen LogP) is 3.87. The molecule has 0 saturated heterocycles. The normalized spacial score (nSPS) is 10.4. The summed E-state index contributed by atoms with van der Waals surface area (Å²) in [6, 6.07) is 5.00. The molecule has 0 spiro atoms. The van der Waals surface area contributed by atoms with Gasteiger partial charge in [0.15, 0.2) is 5.69 Å². The zero-order valence-electron chi connectivity index (χ0n) is 14.3. The Kier molecular flexibility index (Phi) is 6.41. The molecular formula is C17H20ClN3O4. The minimum Gasteiger partial charge on any atom is -0.464 e. The summed E-state index contributed by atoms with van der Waals surface area (Å²) in [6.07, 6.45) is 1.97. The van der Waals surface area contributed by atoms with E-state index in [-0.39, 0.29) is 24.2 Å². The van der Waals surface area contributed by atoms with Crippen molar-refractivity contribution >= 4 is 29.3 Å². The van der Waals surface area contributed by atoms with E-state index in [1.807, 2.05) is 19.9 Å². The molecule has 0 atom stereocenters. The Balaban J connectivity index is 2.08. The SMILES string of the molecule is CCCN(Cc1nc(C(=O)OC)co1)C(=O)Nc1ccc(C)c(Cl)c1. The fourth-order valence-corrected chi connectivity index (χ4v) is 2.32. The average Bonchev–Trinajstić information content (AvgIpc) is 3.05. The Morgan fingerprint density at radius 1 is 1.40 bits per heavy atom. The van der Waals surface area contributed by atoms with E-state index in [0.717, 1.165) is 12.0 Å². The van der Waals surface area contributed by atoms with Crippen molar-refractivity contribution < 1.29 is 18.7 Å². The highest BCUT2D eigenvalue weighted by Crippen LogP contribution is 2.20. The van der Waals surface area contributed by atoms with Crippen LogP contribution < -0.4 is 5.32 Å². The summed E-state index contributed by atoms with van der Waals surface area (Å²) in [5.41, 5.74) is 1.60. The van der Waals surface area contributed by atoms with Crippen molar-refractivity contribution in [1.29, 1.82) is 0 Å². The molecule has 25 heavy (non-hydrogen) atoms. The van der Waals surface area contributed by atoms with E-state index < -0.39 is 5.97 Å². The number of methoxy groups -OCH3 is 1. The van der Waals surface area contributed by atoms with Crippen molar-refractivity contribution in [2.75, 3.05) is 19.0 Å². The van der Waals surface area contributed by atoms with Crippen LogP contribution in [0.3, 0.4) is 0 Å². The number of carbonyl (C=O) groups is 2. The van der Waals surface area contributed by atoms with Crippen LogP contribution in [0.5, 0.6) is 0 Å². The highest BCUT2D eigenvalue weighted by atomic mass is 35.5. The summed E-state index contributed by atoms with van der Waals surface area (Å²) in [5, 5.41) is 3.38. The Bertz CT molecular complexity index is 760. The molecule has 0 aliphatic carbocycles. The minimum atomic E-state index is -0.587. The quantitative estimate of drug-likeness (QED) is 0.785. The molecule has 0 bridgehead atoms. The van der Waals surface area contributed by atoms with Crippen molar-refractivity contribution in [1.82, 2.24) is 9.88 Å². The first-order valence-corrected chi connectivity index (χ1v) is 8.17. The molecule has 7 nitrogen and oxygen atoms in total. The van der Waals surface area contributed by atoms with Crippen LogP contribution in [0.15, 0.2) is 28.9 Å². The third-order valence-electron chi connectivity index (χ3n) is 3.48. The van der Waals surface area contributed by atoms with E-state index in [1.54, 1.807) is 17.0 Å². The topological polar surface area (TPSA) is 84.7 Å². The molecule has 1 heterocycles. The van der Waals surface area contributed by atoms with E-state index in [9.17, 15) is 9.59 Å². The van der Waals surface area contributed by atoms with Crippen LogP contribution in [0, 0.1) is 6.92 Å². The number of hydrogen-bond donors (Lipinski definition) is 1. The smallest absolute Gasteiger partial charge is 0.360 e. The van der Waals surface area contributed by atoms with E-state index in [1.165, 1.54) is 13.4 Å². The van der Waals surface area contributed by atoms with Gasteiger partial charge in [0.25, 0.3) is 0 Å². The van der Waals surface area contributed by atoms with Gasteiger partial charge in [0, 0.05) is 17.3 Å². The van der Waals surface area contributed by atoms with Crippen molar-refractivity contribution in [2.24, 2.45) is 0 Å². The number of oxazole rings is 1. The number of hydrogen-bond acceptors (Lipinski definition) is 5. The number of ether oxygens (including phenoxy) is 1. The first-order chi connectivity index (χ1) is 11.9. The fraction of sp³-hybridized carbons (Fsp3) is 0.353. The molecule has 2 rings (SSSR count). The number of nitrogens with one attached hydrogen (secondary N) is 1. The first-order valence-electron chi connectivity index (χ1n) is 7.79. The molecule has 0 fully saturated rings. The molecule has 0 aliphatic rings. The van der Waals surface area contributed by atoms with Gasteiger partial charge in [0.1, 0.15) is 6.26 Å². The second kappa shape index (κ2) is 8.53. The summed E-state index contributed by atoms with van der Waals surface area (Å²) >= 11 is 6.08. The monoisotopic (exact) mass is 365 g/mol. The van der Waals surface area contributed by atoms with Gasteiger partial charge in [0.2, 0.25) is 5.89 Å². The van der Waals surface area contributed by atoms with Crippen LogP contribution in [-0.2, 0) is 11.3 Å². The number of esters is 1. The minimum absolute atomic E-state index is 0.0691. The summed E-state index contributed by atoms with van der Waals surface area (Å²) < 4.78 is 9.83. The Hall–Kier alpha value is -2.54. The van der Waals surface area contributed by atoms with Gasteiger partial charge in [-0.25, -0.2) is 14.6 Å². The molecule has 0 saturated carbocycles. The highest BCUT2D eigenvalue weighted by Gasteiger charge is 2.18. The lowest BCUT2D eigenvalue weighted by molar-refractivity contribution is 0.0594. The average molecular weight is 366 g/mol. The van der Waals surface area contributed by atoms with Crippen molar-refractivity contribution in [3.63, 3.8) is 0 Å². The van der Waals surface area contributed by atoms with Crippen molar-refractivity contribution in [3.8, 4) is 0 Å². The molecule has 2 aromatic rings. The lowest BCUT2D eigenvalue weighted by atomic mass is 10.2. The number of aryl methyl sites for hydroxylation is 1. The number of urea groups is 1. The Morgan fingerprint density at radius 3 is 2.80 bits per heavy atom. The summed E-state index contributed by atoms with van der Waals surface area (Å²) in [4.78, 5) is 29.5. The Morgan fingerprint density at radius 2 is 2.16 bits per heavy atom. The molecule has 1 N–H and O–H groups in total. The molecule has 0 radical (unpaired) electrons. The maximum absolute atomic E-state index is 12.5. The maximum atomic E-state index is 12.5.